The van der Waals surface area contributed by atoms with E-state index < -0.39 is 6.10 Å². The maximum atomic E-state index is 12.9. The Hall–Kier alpha value is -2.63. The minimum atomic E-state index is -0.779. The second-order valence-corrected chi connectivity index (χ2v) is 19.7. The standard InChI is InChI=1S/C61H110O6/c1-4-7-10-13-16-19-22-25-28-30-31-34-36-39-42-45-48-51-54-60(63)66-57-58(56-65-59(62)53-50-47-44-41-38-35-32-27-24-21-18-15-12-9-6-3)67-61(64)55-52-49-46-43-40-37-33-29-26-23-20-17-14-11-8-5-2/h16,19,22,25,28,30-31,34,58H,4-15,17-18,20-21,23-24,26-27,29,32-33,35-57H2,1-3H3/b19-16-,25-22-,30-28-,34-31-. The van der Waals surface area contributed by atoms with E-state index >= 15 is 0 Å². The molecule has 0 aromatic rings. The third-order valence-electron chi connectivity index (χ3n) is 12.9. The lowest BCUT2D eigenvalue weighted by Gasteiger charge is -2.18. The average Bonchev–Trinajstić information content (AvgIpc) is 3.33. The fraction of sp³-hybridized carbons (Fsp3) is 0.820. The van der Waals surface area contributed by atoms with Gasteiger partial charge in [0.15, 0.2) is 6.10 Å². The Morgan fingerprint density at radius 1 is 0.299 bits per heavy atom. The van der Waals surface area contributed by atoms with Crippen molar-refractivity contribution >= 4 is 17.9 Å². The van der Waals surface area contributed by atoms with Crippen molar-refractivity contribution in [3.63, 3.8) is 0 Å². The monoisotopic (exact) mass is 939 g/mol. The van der Waals surface area contributed by atoms with Crippen LogP contribution in [0.3, 0.4) is 0 Å². The van der Waals surface area contributed by atoms with Crippen LogP contribution in [-0.4, -0.2) is 37.2 Å². The largest absolute Gasteiger partial charge is 0.462 e. The number of hydrogen-bond acceptors (Lipinski definition) is 6. The van der Waals surface area contributed by atoms with Gasteiger partial charge in [-0.15, -0.1) is 0 Å². The van der Waals surface area contributed by atoms with E-state index in [4.69, 9.17) is 14.2 Å². The van der Waals surface area contributed by atoms with Crippen LogP contribution in [-0.2, 0) is 28.6 Å². The number of hydrogen-bond donors (Lipinski definition) is 0. The van der Waals surface area contributed by atoms with Crippen molar-refractivity contribution in [1.82, 2.24) is 0 Å². The quantitative estimate of drug-likeness (QED) is 0.0262. The van der Waals surface area contributed by atoms with Crippen LogP contribution >= 0.6 is 0 Å². The van der Waals surface area contributed by atoms with Crippen LogP contribution < -0.4 is 0 Å². The highest BCUT2D eigenvalue weighted by Crippen LogP contribution is 2.17. The van der Waals surface area contributed by atoms with E-state index in [-0.39, 0.29) is 31.1 Å². The predicted molar refractivity (Wildman–Crippen MR) is 289 cm³/mol. The number of esters is 3. The number of carbonyl (C=O) groups excluding carboxylic acids is 3. The zero-order valence-electron chi connectivity index (χ0n) is 44.7. The lowest BCUT2D eigenvalue weighted by atomic mass is 10.0. The number of allylic oxidation sites excluding steroid dienone is 8. The lowest BCUT2D eigenvalue weighted by molar-refractivity contribution is -0.167. The lowest BCUT2D eigenvalue weighted by Crippen LogP contribution is -2.30. The predicted octanol–water partition coefficient (Wildman–Crippen LogP) is 19.4. The zero-order valence-corrected chi connectivity index (χ0v) is 44.7. The second kappa shape index (κ2) is 56.0. The summed E-state index contributed by atoms with van der Waals surface area (Å²) < 4.78 is 16.9. The number of carbonyl (C=O) groups is 3. The molecule has 0 spiro atoms. The molecular formula is C61H110O6. The van der Waals surface area contributed by atoms with Gasteiger partial charge in [-0.3, -0.25) is 14.4 Å². The highest BCUT2D eigenvalue weighted by molar-refractivity contribution is 5.71. The van der Waals surface area contributed by atoms with Crippen LogP contribution in [0.4, 0.5) is 0 Å². The molecule has 0 rings (SSSR count). The average molecular weight is 940 g/mol. The summed E-state index contributed by atoms with van der Waals surface area (Å²) in [5, 5.41) is 0. The number of unbranched alkanes of at least 4 members (excludes halogenated alkanes) is 37. The molecular weight excluding hydrogens is 829 g/mol. The molecule has 67 heavy (non-hydrogen) atoms. The number of rotatable bonds is 53. The van der Waals surface area contributed by atoms with Crippen LogP contribution in [0.5, 0.6) is 0 Å². The van der Waals surface area contributed by atoms with Crippen LogP contribution in [0.1, 0.15) is 303 Å². The molecule has 0 radical (unpaired) electrons. The highest BCUT2D eigenvalue weighted by Gasteiger charge is 2.19. The summed E-state index contributed by atoms with van der Waals surface area (Å²) >= 11 is 0. The molecule has 6 heteroatoms. The zero-order chi connectivity index (χ0) is 48.6. The van der Waals surface area contributed by atoms with Gasteiger partial charge in [0.1, 0.15) is 13.2 Å². The summed E-state index contributed by atoms with van der Waals surface area (Å²) in [7, 11) is 0. The van der Waals surface area contributed by atoms with Gasteiger partial charge in [-0.2, -0.15) is 0 Å². The van der Waals surface area contributed by atoms with Crippen LogP contribution in [0.2, 0.25) is 0 Å². The van der Waals surface area contributed by atoms with Gasteiger partial charge in [-0.05, 0) is 44.9 Å². The van der Waals surface area contributed by atoms with Crippen molar-refractivity contribution in [2.75, 3.05) is 13.2 Å². The Balaban J connectivity index is 4.39. The van der Waals surface area contributed by atoms with Crippen LogP contribution in [0, 0.1) is 0 Å². The molecule has 1 unspecified atom stereocenters. The first-order valence-corrected chi connectivity index (χ1v) is 29.2. The topological polar surface area (TPSA) is 78.9 Å². The fourth-order valence-electron chi connectivity index (χ4n) is 8.52. The SMILES string of the molecule is CCCCC\C=C/C=C\C=C/C=C\CCCCCCCC(=O)OCC(COC(=O)CCCCCCCCCCCCCCCCC)OC(=O)CCCCCCCCCCCCCCCCCC. The normalized spacial score (nSPS) is 12.3. The van der Waals surface area contributed by atoms with Gasteiger partial charge < -0.3 is 14.2 Å². The molecule has 6 nitrogen and oxygen atoms in total. The van der Waals surface area contributed by atoms with Gasteiger partial charge in [0.25, 0.3) is 0 Å². The first kappa shape index (κ1) is 64.4. The molecule has 0 saturated carbocycles. The molecule has 1 atom stereocenters. The van der Waals surface area contributed by atoms with Crippen molar-refractivity contribution in [1.29, 1.82) is 0 Å². The molecule has 0 amide bonds. The summed E-state index contributed by atoms with van der Waals surface area (Å²) in [6.45, 7) is 6.63. The van der Waals surface area contributed by atoms with E-state index in [9.17, 15) is 14.4 Å². The highest BCUT2D eigenvalue weighted by atomic mass is 16.6. The summed E-state index contributed by atoms with van der Waals surface area (Å²) in [6.07, 6.45) is 68.1. The van der Waals surface area contributed by atoms with Gasteiger partial charge in [0.05, 0.1) is 0 Å². The minimum Gasteiger partial charge on any atom is -0.462 e. The number of ether oxygens (including phenoxy) is 3. The van der Waals surface area contributed by atoms with Crippen LogP contribution in [0.15, 0.2) is 48.6 Å². The molecule has 0 aromatic carbocycles. The van der Waals surface area contributed by atoms with Gasteiger partial charge in [-0.1, -0.05) is 288 Å². The smallest absolute Gasteiger partial charge is 0.306 e. The summed E-state index contributed by atoms with van der Waals surface area (Å²) in [4.78, 5) is 38.2. The summed E-state index contributed by atoms with van der Waals surface area (Å²) in [6, 6.07) is 0. The summed E-state index contributed by atoms with van der Waals surface area (Å²) in [5.41, 5.74) is 0. The van der Waals surface area contributed by atoms with Crippen molar-refractivity contribution in [3.8, 4) is 0 Å². The first-order valence-electron chi connectivity index (χ1n) is 29.2. The molecule has 0 N–H and O–H groups in total. The second-order valence-electron chi connectivity index (χ2n) is 19.7. The molecule has 390 valence electrons. The van der Waals surface area contributed by atoms with E-state index in [1.54, 1.807) is 0 Å². The van der Waals surface area contributed by atoms with Crippen molar-refractivity contribution < 1.29 is 28.6 Å². The molecule has 0 aliphatic heterocycles. The molecule has 0 bridgehead atoms. The molecule has 0 aliphatic rings. The molecule has 0 aliphatic carbocycles. The fourth-order valence-corrected chi connectivity index (χ4v) is 8.52. The van der Waals surface area contributed by atoms with Crippen LogP contribution in [0.25, 0.3) is 0 Å². The van der Waals surface area contributed by atoms with E-state index in [1.165, 1.54) is 180 Å². The third-order valence-corrected chi connectivity index (χ3v) is 12.9. The van der Waals surface area contributed by atoms with Gasteiger partial charge in [-0.25, -0.2) is 0 Å². The van der Waals surface area contributed by atoms with Crippen molar-refractivity contribution in [3.05, 3.63) is 48.6 Å². The van der Waals surface area contributed by atoms with E-state index in [0.717, 1.165) is 83.5 Å². The summed E-state index contributed by atoms with van der Waals surface area (Å²) in [5.74, 6) is -0.882. The molecule has 0 aromatic heterocycles. The van der Waals surface area contributed by atoms with E-state index in [1.807, 2.05) is 0 Å². The molecule has 0 fully saturated rings. The van der Waals surface area contributed by atoms with E-state index in [0.29, 0.717) is 19.3 Å². The molecule has 0 heterocycles. The Morgan fingerprint density at radius 3 is 0.866 bits per heavy atom. The molecule has 0 saturated heterocycles. The maximum Gasteiger partial charge on any atom is 0.306 e. The van der Waals surface area contributed by atoms with E-state index in [2.05, 4.69) is 69.4 Å². The van der Waals surface area contributed by atoms with Crippen molar-refractivity contribution in [2.45, 2.75) is 309 Å². The first-order chi connectivity index (χ1) is 33.0. The van der Waals surface area contributed by atoms with Crippen molar-refractivity contribution in [2.24, 2.45) is 0 Å². The third kappa shape index (κ3) is 54.2. The maximum absolute atomic E-state index is 12.9. The minimum absolute atomic E-state index is 0.0764. The Bertz CT molecular complexity index is 1170. The van der Waals surface area contributed by atoms with Gasteiger partial charge in [0.2, 0.25) is 0 Å². The Kier molecular flexibility index (Phi) is 53.8. The Labute approximate surface area is 416 Å². The van der Waals surface area contributed by atoms with Gasteiger partial charge in [0, 0.05) is 19.3 Å². The Morgan fingerprint density at radius 2 is 0.537 bits per heavy atom. The van der Waals surface area contributed by atoms with Gasteiger partial charge >= 0.3 is 17.9 Å².